The zero-order chi connectivity index (χ0) is 22.6. The van der Waals surface area contributed by atoms with Crippen molar-refractivity contribution >= 4 is 38.0 Å². The number of allylic oxidation sites excluding steroid dienone is 1. The van der Waals surface area contributed by atoms with Crippen LogP contribution in [-0.2, 0) is 10.0 Å². The van der Waals surface area contributed by atoms with Crippen molar-refractivity contribution in [3.05, 3.63) is 114 Å². The van der Waals surface area contributed by atoms with Crippen LogP contribution in [0.25, 0.3) is 10.8 Å². The third-order valence-corrected chi connectivity index (χ3v) is 6.41. The predicted octanol–water partition coefficient (Wildman–Crippen LogP) is 5.76. The number of hydrogen-bond acceptors (Lipinski definition) is 4. The summed E-state index contributed by atoms with van der Waals surface area (Å²) in [5.74, 6) is -0.146. The van der Waals surface area contributed by atoms with Crippen LogP contribution in [0.5, 0.6) is 0 Å². The Kier molecular flexibility index (Phi) is 6.05. The summed E-state index contributed by atoms with van der Waals surface area (Å²) in [4.78, 5) is 12.9. The minimum absolute atomic E-state index is 0.146. The van der Waals surface area contributed by atoms with Gasteiger partial charge >= 0.3 is 0 Å². The van der Waals surface area contributed by atoms with Crippen molar-refractivity contribution in [1.29, 1.82) is 0 Å². The monoisotopic (exact) mass is 442 g/mol. The second-order valence-corrected chi connectivity index (χ2v) is 9.02. The van der Waals surface area contributed by atoms with Gasteiger partial charge in [-0.25, -0.2) is 8.42 Å². The second-order valence-electron chi connectivity index (χ2n) is 7.33. The highest BCUT2D eigenvalue weighted by Gasteiger charge is 2.15. The first-order chi connectivity index (χ1) is 15.4. The van der Waals surface area contributed by atoms with Crippen molar-refractivity contribution in [2.75, 3.05) is 10.0 Å². The van der Waals surface area contributed by atoms with E-state index in [4.69, 9.17) is 0 Å². The topological polar surface area (TPSA) is 75.3 Å². The molecule has 0 unspecified atom stereocenters. The lowest BCUT2D eigenvalue weighted by molar-refractivity contribution is 0.104. The van der Waals surface area contributed by atoms with Crippen LogP contribution in [0.3, 0.4) is 0 Å². The minimum Gasteiger partial charge on any atom is -0.360 e. The number of fused-ring (bicyclic) bond motifs is 1. The van der Waals surface area contributed by atoms with E-state index >= 15 is 0 Å². The van der Waals surface area contributed by atoms with Crippen molar-refractivity contribution in [2.45, 2.75) is 11.8 Å². The Balaban J connectivity index is 1.53. The maximum atomic E-state index is 12.7. The normalized spacial score (nSPS) is 11.5. The molecule has 0 amide bonds. The molecule has 160 valence electrons. The molecule has 2 N–H and O–H groups in total. The van der Waals surface area contributed by atoms with E-state index in [1.54, 1.807) is 54.6 Å². The number of para-hydroxylation sites is 2. The molecule has 4 rings (SSSR count). The number of rotatable bonds is 7. The quantitative estimate of drug-likeness (QED) is 0.282. The van der Waals surface area contributed by atoms with Gasteiger partial charge < -0.3 is 5.32 Å². The van der Waals surface area contributed by atoms with Gasteiger partial charge in [-0.3, -0.25) is 9.52 Å². The number of nitrogens with one attached hydrogen (secondary N) is 2. The molecule has 0 fully saturated rings. The van der Waals surface area contributed by atoms with Gasteiger partial charge in [-0.05, 0) is 42.0 Å². The molecule has 0 atom stereocenters. The summed E-state index contributed by atoms with van der Waals surface area (Å²) in [6.45, 7) is 1.90. The predicted molar refractivity (Wildman–Crippen MR) is 129 cm³/mol. The Morgan fingerprint density at radius 2 is 1.44 bits per heavy atom. The van der Waals surface area contributed by atoms with Crippen molar-refractivity contribution < 1.29 is 13.2 Å². The van der Waals surface area contributed by atoms with Gasteiger partial charge in [0, 0.05) is 17.8 Å². The molecule has 0 aliphatic heterocycles. The average Bonchev–Trinajstić information content (AvgIpc) is 2.80. The minimum atomic E-state index is -3.74. The number of hydrogen-bond donors (Lipinski definition) is 2. The van der Waals surface area contributed by atoms with E-state index in [0.29, 0.717) is 16.9 Å². The molecule has 0 radical (unpaired) electrons. The Morgan fingerprint density at radius 3 is 2.22 bits per heavy atom. The van der Waals surface area contributed by atoms with Gasteiger partial charge in [0.1, 0.15) is 0 Å². The molecule has 0 saturated heterocycles. The first-order valence-electron chi connectivity index (χ1n) is 10.1. The van der Waals surface area contributed by atoms with Gasteiger partial charge in [0.05, 0.1) is 16.3 Å². The fraction of sp³-hybridized carbons (Fsp3) is 0.0385. The third-order valence-electron chi connectivity index (χ3n) is 5.03. The Hall–Kier alpha value is -3.90. The molecule has 32 heavy (non-hydrogen) atoms. The first kappa shape index (κ1) is 21.3. The SMILES string of the molecule is Cc1ccc(S(=O)(=O)Nc2ccccc2N/C=C\C(=O)c2cccc3ccccc23)cc1. The van der Waals surface area contributed by atoms with Crippen LogP contribution in [-0.4, -0.2) is 14.2 Å². The molecule has 0 aromatic heterocycles. The molecule has 6 heteroatoms. The van der Waals surface area contributed by atoms with E-state index in [9.17, 15) is 13.2 Å². The standard InChI is InChI=1S/C26H22N2O3S/c1-19-13-15-21(16-14-19)32(30,31)28-25-12-5-4-11-24(25)27-18-17-26(29)23-10-6-8-20-7-2-3-9-22(20)23/h2-18,27-28H,1H3/b18-17-. The maximum Gasteiger partial charge on any atom is 0.261 e. The lowest BCUT2D eigenvalue weighted by Crippen LogP contribution is -2.14. The van der Waals surface area contributed by atoms with Crippen LogP contribution >= 0.6 is 0 Å². The third kappa shape index (κ3) is 4.71. The fourth-order valence-electron chi connectivity index (χ4n) is 3.36. The van der Waals surface area contributed by atoms with Crippen molar-refractivity contribution in [3.8, 4) is 0 Å². The molecule has 5 nitrogen and oxygen atoms in total. The second kappa shape index (κ2) is 9.08. The average molecular weight is 443 g/mol. The van der Waals surface area contributed by atoms with E-state index in [-0.39, 0.29) is 10.7 Å². The molecule has 4 aromatic carbocycles. The number of benzene rings is 4. The number of sulfonamides is 1. The first-order valence-corrected chi connectivity index (χ1v) is 11.6. The van der Waals surface area contributed by atoms with Gasteiger partial charge in [-0.2, -0.15) is 0 Å². The Labute approximate surface area is 187 Å². The zero-order valence-corrected chi connectivity index (χ0v) is 18.3. The van der Waals surface area contributed by atoms with Gasteiger partial charge in [0.15, 0.2) is 5.78 Å². The van der Waals surface area contributed by atoms with E-state index < -0.39 is 10.0 Å². The molecule has 4 aromatic rings. The molecule has 0 aliphatic carbocycles. The van der Waals surface area contributed by atoms with Crippen LogP contribution in [0.1, 0.15) is 15.9 Å². The molecule has 0 bridgehead atoms. The van der Waals surface area contributed by atoms with Crippen molar-refractivity contribution in [3.63, 3.8) is 0 Å². The van der Waals surface area contributed by atoms with Crippen molar-refractivity contribution in [2.24, 2.45) is 0 Å². The number of ketones is 1. The molecule has 0 spiro atoms. The summed E-state index contributed by atoms with van der Waals surface area (Å²) < 4.78 is 28.1. The summed E-state index contributed by atoms with van der Waals surface area (Å²) >= 11 is 0. The number of aryl methyl sites for hydroxylation is 1. The van der Waals surface area contributed by atoms with Crippen molar-refractivity contribution in [1.82, 2.24) is 0 Å². The highest BCUT2D eigenvalue weighted by atomic mass is 32.2. The van der Waals surface area contributed by atoms with Crippen LogP contribution in [0, 0.1) is 6.92 Å². The molecular weight excluding hydrogens is 420 g/mol. The van der Waals surface area contributed by atoms with Gasteiger partial charge in [0.25, 0.3) is 10.0 Å². The van der Waals surface area contributed by atoms with Gasteiger partial charge in [0.2, 0.25) is 0 Å². The van der Waals surface area contributed by atoms with Gasteiger partial charge in [-0.1, -0.05) is 72.3 Å². The largest absolute Gasteiger partial charge is 0.360 e. The molecular formula is C26H22N2O3S. The summed E-state index contributed by atoms with van der Waals surface area (Å²) in [5.41, 5.74) is 2.50. The van der Waals surface area contributed by atoms with E-state index in [1.807, 2.05) is 43.3 Å². The highest BCUT2D eigenvalue weighted by molar-refractivity contribution is 7.92. The lowest BCUT2D eigenvalue weighted by atomic mass is 10.0. The zero-order valence-electron chi connectivity index (χ0n) is 17.4. The summed E-state index contributed by atoms with van der Waals surface area (Å²) in [6, 6.07) is 26.9. The molecule has 0 heterocycles. The molecule has 0 aliphatic rings. The molecule has 0 saturated carbocycles. The maximum absolute atomic E-state index is 12.7. The van der Waals surface area contributed by atoms with Crippen LogP contribution < -0.4 is 10.0 Å². The van der Waals surface area contributed by atoms with Crippen LogP contribution in [0.15, 0.2) is 108 Å². The van der Waals surface area contributed by atoms with E-state index in [1.165, 1.54) is 12.3 Å². The van der Waals surface area contributed by atoms with Crippen LogP contribution in [0.2, 0.25) is 0 Å². The highest BCUT2D eigenvalue weighted by Crippen LogP contribution is 2.25. The van der Waals surface area contributed by atoms with E-state index in [0.717, 1.165) is 16.3 Å². The fourth-order valence-corrected chi connectivity index (χ4v) is 4.44. The Bertz CT molecular complexity index is 1400. The lowest BCUT2D eigenvalue weighted by Gasteiger charge is -2.12. The number of carbonyl (C=O) groups excluding carboxylic acids is 1. The summed E-state index contributed by atoms with van der Waals surface area (Å²) in [6.07, 6.45) is 2.95. The summed E-state index contributed by atoms with van der Waals surface area (Å²) in [7, 11) is -3.74. The number of carbonyl (C=O) groups is 1. The summed E-state index contributed by atoms with van der Waals surface area (Å²) in [5, 5.41) is 4.90. The Morgan fingerprint density at radius 1 is 0.781 bits per heavy atom. The van der Waals surface area contributed by atoms with E-state index in [2.05, 4.69) is 10.0 Å². The van der Waals surface area contributed by atoms with Gasteiger partial charge in [-0.15, -0.1) is 0 Å². The number of anilines is 2. The van der Waals surface area contributed by atoms with Crippen LogP contribution in [0.4, 0.5) is 11.4 Å². The smallest absolute Gasteiger partial charge is 0.261 e.